The lowest BCUT2D eigenvalue weighted by atomic mass is 10.1. The molecule has 0 saturated heterocycles. The predicted octanol–water partition coefficient (Wildman–Crippen LogP) is 8.27. The molecule has 4 rings (SSSR count). The van der Waals surface area contributed by atoms with Crippen molar-refractivity contribution in [2.45, 2.75) is 19.5 Å². The van der Waals surface area contributed by atoms with Gasteiger partial charge in [-0.1, -0.05) is 46.6 Å². The normalized spacial score (nSPS) is 12.4. The van der Waals surface area contributed by atoms with Crippen LogP contribution in [-0.4, -0.2) is 15.7 Å². The third-order valence-electron chi connectivity index (χ3n) is 4.79. The van der Waals surface area contributed by atoms with E-state index in [1.165, 1.54) is 18.2 Å². The minimum atomic E-state index is -4.60. The summed E-state index contributed by atoms with van der Waals surface area (Å²) < 4.78 is 41.3. The SMILES string of the molecule is CCC(=Nc1ccc(Br)cc1)c1ccc2nc(Nc3cccc(Cl)c3C(F)(F)F)[nH]c2c1. The summed E-state index contributed by atoms with van der Waals surface area (Å²) in [6, 6.07) is 17.2. The summed E-state index contributed by atoms with van der Waals surface area (Å²) >= 11 is 9.21. The topological polar surface area (TPSA) is 53.1 Å². The number of H-pyrrole nitrogens is 1. The van der Waals surface area contributed by atoms with E-state index >= 15 is 0 Å². The van der Waals surface area contributed by atoms with E-state index in [0.29, 0.717) is 17.5 Å². The third kappa shape index (κ3) is 4.81. The van der Waals surface area contributed by atoms with Crippen LogP contribution in [-0.2, 0) is 6.18 Å². The van der Waals surface area contributed by atoms with Crippen LogP contribution >= 0.6 is 27.5 Å². The summed E-state index contributed by atoms with van der Waals surface area (Å²) in [5.41, 5.74) is 2.80. The Morgan fingerprint density at radius 3 is 2.56 bits per heavy atom. The van der Waals surface area contributed by atoms with Crippen molar-refractivity contribution < 1.29 is 13.2 Å². The molecule has 1 aromatic heterocycles. The second-order valence-electron chi connectivity index (χ2n) is 6.99. The average Bonchev–Trinajstić information content (AvgIpc) is 3.14. The molecular formula is C23H17BrClF3N4. The van der Waals surface area contributed by atoms with Crippen LogP contribution in [0.25, 0.3) is 11.0 Å². The van der Waals surface area contributed by atoms with Crippen LogP contribution in [0.4, 0.5) is 30.5 Å². The summed E-state index contributed by atoms with van der Waals surface area (Å²) in [4.78, 5) is 12.1. The van der Waals surface area contributed by atoms with E-state index < -0.39 is 11.7 Å². The van der Waals surface area contributed by atoms with Crippen molar-refractivity contribution in [1.29, 1.82) is 0 Å². The van der Waals surface area contributed by atoms with Crippen LogP contribution in [0.15, 0.2) is 70.1 Å². The highest BCUT2D eigenvalue weighted by molar-refractivity contribution is 9.10. The Morgan fingerprint density at radius 1 is 1.12 bits per heavy atom. The summed E-state index contributed by atoms with van der Waals surface area (Å²) in [6.07, 6.45) is -3.89. The van der Waals surface area contributed by atoms with Crippen molar-refractivity contribution in [3.05, 3.63) is 81.3 Å². The molecule has 0 spiro atoms. The van der Waals surface area contributed by atoms with Gasteiger partial charge in [-0.2, -0.15) is 13.2 Å². The number of aromatic amines is 1. The molecule has 0 unspecified atom stereocenters. The fourth-order valence-electron chi connectivity index (χ4n) is 3.31. The molecule has 0 aliphatic heterocycles. The molecule has 164 valence electrons. The lowest BCUT2D eigenvalue weighted by molar-refractivity contribution is -0.136. The number of nitrogens with zero attached hydrogens (tertiary/aromatic N) is 2. The first-order valence-corrected chi connectivity index (χ1v) is 10.9. The number of anilines is 2. The Labute approximate surface area is 195 Å². The number of halogens is 5. The second-order valence-corrected chi connectivity index (χ2v) is 8.31. The Kier molecular flexibility index (Phi) is 6.26. The van der Waals surface area contributed by atoms with Gasteiger partial charge in [-0.05, 0) is 60.5 Å². The minimum absolute atomic E-state index is 0.171. The molecule has 0 aliphatic carbocycles. The van der Waals surface area contributed by atoms with E-state index in [1.807, 2.05) is 49.4 Å². The number of aliphatic imine (C=N–C) groups is 1. The van der Waals surface area contributed by atoms with Gasteiger partial charge in [0, 0.05) is 10.2 Å². The monoisotopic (exact) mass is 520 g/mol. The maximum atomic E-state index is 13.4. The molecule has 9 heteroatoms. The van der Waals surface area contributed by atoms with Gasteiger partial charge < -0.3 is 10.3 Å². The number of hydrogen-bond donors (Lipinski definition) is 2. The molecule has 2 N–H and O–H groups in total. The van der Waals surface area contributed by atoms with Gasteiger partial charge in [0.2, 0.25) is 5.95 Å². The van der Waals surface area contributed by atoms with Crippen LogP contribution in [0.3, 0.4) is 0 Å². The number of alkyl halides is 3. The summed E-state index contributed by atoms with van der Waals surface area (Å²) in [7, 11) is 0. The molecule has 32 heavy (non-hydrogen) atoms. The minimum Gasteiger partial charge on any atom is -0.325 e. The van der Waals surface area contributed by atoms with Crippen LogP contribution in [0, 0.1) is 0 Å². The van der Waals surface area contributed by atoms with Gasteiger partial charge >= 0.3 is 6.18 Å². The molecule has 3 aromatic carbocycles. The van der Waals surface area contributed by atoms with Crippen molar-refractivity contribution >= 4 is 61.6 Å². The first-order valence-electron chi connectivity index (χ1n) is 9.70. The molecule has 4 nitrogen and oxygen atoms in total. The fourth-order valence-corrected chi connectivity index (χ4v) is 3.86. The predicted molar refractivity (Wildman–Crippen MR) is 126 cm³/mol. The van der Waals surface area contributed by atoms with Crippen LogP contribution in [0.1, 0.15) is 24.5 Å². The Balaban J connectivity index is 1.67. The molecule has 0 saturated carbocycles. The van der Waals surface area contributed by atoms with E-state index in [0.717, 1.165) is 21.4 Å². The molecule has 0 bridgehead atoms. The van der Waals surface area contributed by atoms with E-state index in [4.69, 9.17) is 16.6 Å². The molecular weight excluding hydrogens is 505 g/mol. The van der Waals surface area contributed by atoms with Gasteiger partial charge in [0.25, 0.3) is 0 Å². The number of imidazole rings is 1. The van der Waals surface area contributed by atoms with E-state index in [9.17, 15) is 13.2 Å². The largest absolute Gasteiger partial charge is 0.419 e. The van der Waals surface area contributed by atoms with Gasteiger partial charge in [-0.15, -0.1) is 0 Å². The highest BCUT2D eigenvalue weighted by Crippen LogP contribution is 2.40. The zero-order valence-corrected chi connectivity index (χ0v) is 19.1. The third-order valence-corrected chi connectivity index (χ3v) is 5.63. The second kappa shape index (κ2) is 8.96. The number of nitrogens with one attached hydrogen (secondary N) is 2. The van der Waals surface area contributed by atoms with Crippen LogP contribution < -0.4 is 5.32 Å². The summed E-state index contributed by atoms with van der Waals surface area (Å²) in [5, 5.41) is 2.33. The smallest absolute Gasteiger partial charge is 0.325 e. The first-order chi connectivity index (χ1) is 15.2. The zero-order valence-electron chi connectivity index (χ0n) is 16.8. The van der Waals surface area contributed by atoms with Crippen molar-refractivity contribution in [3.63, 3.8) is 0 Å². The lowest BCUT2D eigenvalue weighted by Crippen LogP contribution is -2.10. The fraction of sp³-hybridized carbons (Fsp3) is 0.130. The van der Waals surface area contributed by atoms with Crippen molar-refractivity contribution in [1.82, 2.24) is 9.97 Å². The molecule has 0 atom stereocenters. The molecule has 0 fully saturated rings. The quantitative estimate of drug-likeness (QED) is 0.260. The van der Waals surface area contributed by atoms with Crippen molar-refractivity contribution in [2.24, 2.45) is 4.99 Å². The number of fused-ring (bicyclic) bond motifs is 1. The maximum Gasteiger partial charge on any atom is 0.419 e. The maximum absolute atomic E-state index is 13.4. The van der Waals surface area contributed by atoms with Gasteiger partial charge in [-0.3, -0.25) is 4.99 Å². The van der Waals surface area contributed by atoms with Crippen LogP contribution in [0.2, 0.25) is 5.02 Å². The molecule has 1 heterocycles. The molecule has 0 amide bonds. The van der Waals surface area contributed by atoms with Crippen LogP contribution in [0.5, 0.6) is 0 Å². The Bertz CT molecular complexity index is 1300. The highest BCUT2D eigenvalue weighted by atomic mass is 79.9. The lowest BCUT2D eigenvalue weighted by Gasteiger charge is -2.14. The van der Waals surface area contributed by atoms with E-state index in [1.54, 1.807) is 0 Å². The van der Waals surface area contributed by atoms with Crippen molar-refractivity contribution in [2.75, 3.05) is 5.32 Å². The number of benzene rings is 3. The molecule has 0 radical (unpaired) electrons. The summed E-state index contributed by atoms with van der Waals surface area (Å²) in [5.74, 6) is 0.188. The standard InChI is InChI=1S/C23H17BrClF3N4/c1-2-17(29-15-9-7-14(24)8-10-15)13-6-11-18-20(12-13)32-22(30-18)31-19-5-3-4-16(25)21(19)23(26,27)28/h3-12H,2H2,1H3,(H2,30,31,32). The van der Waals surface area contributed by atoms with Crippen molar-refractivity contribution in [3.8, 4) is 0 Å². The Hall–Kier alpha value is -2.84. The van der Waals surface area contributed by atoms with Gasteiger partial charge in [0.05, 0.1) is 33.0 Å². The highest BCUT2D eigenvalue weighted by Gasteiger charge is 2.36. The zero-order chi connectivity index (χ0) is 22.9. The molecule has 0 aliphatic rings. The van der Waals surface area contributed by atoms with Gasteiger partial charge in [0.1, 0.15) is 0 Å². The van der Waals surface area contributed by atoms with E-state index in [2.05, 4.69) is 31.2 Å². The van der Waals surface area contributed by atoms with E-state index in [-0.39, 0.29) is 16.7 Å². The number of hydrogen-bond acceptors (Lipinski definition) is 3. The van der Waals surface area contributed by atoms with Gasteiger partial charge in [0.15, 0.2) is 0 Å². The summed E-state index contributed by atoms with van der Waals surface area (Å²) in [6.45, 7) is 2.01. The number of aromatic nitrogens is 2. The number of rotatable bonds is 5. The average molecular weight is 522 g/mol. The Morgan fingerprint density at radius 2 is 1.88 bits per heavy atom. The molecule has 4 aromatic rings. The van der Waals surface area contributed by atoms with Gasteiger partial charge in [-0.25, -0.2) is 4.98 Å². The first kappa shape index (κ1) is 22.4.